The van der Waals surface area contributed by atoms with Crippen molar-refractivity contribution in [3.8, 4) is 23.0 Å². The number of carbonyl (C=O) groups excluding carboxylic acids is 1. The number of fused-ring (bicyclic) bond motifs is 3. The van der Waals surface area contributed by atoms with E-state index in [2.05, 4.69) is 12.7 Å². The number of amides is 1. The molecule has 13 nitrogen and oxygen atoms in total. The quantitative estimate of drug-likeness (QED) is 0.0551. The molecule has 6 atom stereocenters. The van der Waals surface area contributed by atoms with Crippen molar-refractivity contribution in [1.82, 2.24) is 4.90 Å². The molecule has 2 aliphatic carbocycles. The second-order valence-corrected chi connectivity index (χ2v) is 15.7. The van der Waals surface area contributed by atoms with Crippen molar-refractivity contribution in [3.05, 3.63) is 108 Å². The number of aliphatic hydroxyl groups excluding tert-OH is 2. The molecule has 3 aromatic carbocycles. The largest absolute Gasteiger partial charge is 0.508 e. The van der Waals surface area contributed by atoms with Crippen molar-refractivity contribution in [2.75, 3.05) is 46.4 Å². The minimum absolute atomic E-state index is 0.000935. The fourth-order valence-electron chi connectivity index (χ4n) is 9.37. The Morgan fingerprint density at radius 2 is 1.73 bits per heavy atom. The molecule has 1 amide bonds. The van der Waals surface area contributed by atoms with Crippen LogP contribution in [-0.4, -0.2) is 90.3 Å². The van der Waals surface area contributed by atoms with Crippen LogP contribution in [0.4, 0.5) is 4.79 Å². The van der Waals surface area contributed by atoms with Gasteiger partial charge in [0, 0.05) is 37.7 Å². The van der Waals surface area contributed by atoms with Crippen LogP contribution in [0, 0.1) is 17.8 Å². The van der Waals surface area contributed by atoms with Gasteiger partial charge in [0.1, 0.15) is 30.8 Å². The third-order valence-corrected chi connectivity index (χ3v) is 11.9. The van der Waals surface area contributed by atoms with Gasteiger partial charge in [-0.1, -0.05) is 66.5 Å². The van der Waals surface area contributed by atoms with Crippen molar-refractivity contribution in [2.24, 2.45) is 22.9 Å². The topological polar surface area (TPSA) is 158 Å². The van der Waals surface area contributed by atoms with Gasteiger partial charge < -0.3 is 48.6 Å². The van der Waals surface area contributed by atoms with Crippen molar-refractivity contribution >= 4 is 11.8 Å². The number of aliphatic hydroxyl groups is 2. The Balaban J connectivity index is 1.34. The van der Waals surface area contributed by atoms with Crippen LogP contribution in [0.3, 0.4) is 0 Å². The number of hydrogen-bond acceptors (Lipinski definition) is 12. The first-order valence-corrected chi connectivity index (χ1v) is 21.2. The summed E-state index contributed by atoms with van der Waals surface area (Å²) in [5, 5.41) is 35.4. The highest BCUT2D eigenvalue weighted by Crippen LogP contribution is 2.62. The van der Waals surface area contributed by atoms with Crippen molar-refractivity contribution in [1.29, 1.82) is 0 Å². The summed E-state index contributed by atoms with van der Waals surface area (Å²) in [5.74, 6) is -0.369. The van der Waals surface area contributed by atoms with E-state index in [1.165, 1.54) is 0 Å². The Labute approximate surface area is 352 Å². The van der Waals surface area contributed by atoms with Crippen molar-refractivity contribution < 1.29 is 53.4 Å². The lowest BCUT2D eigenvalue weighted by atomic mass is 9.55. The van der Waals surface area contributed by atoms with Crippen LogP contribution < -0.4 is 14.2 Å². The van der Waals surface area contributed by atoms with Gasteiger partial charge >= 0.3 is 6.09 Å². The zero-order valence-corrected chi connectivity index (χ0v) is 34.4. The number of ether oxygens (including phenoxy) is 6. The molecule has 3 N–H and O–H groups in total. The Morgan fingerprint density at radius 3 is 2.52 bits per heavy atom. The minimum atomic E-state index is -1.50. The smallest absolute Gasteiger partial charge is 0.410 e. The molecule has 7 rings (SSSR count). The molecule has 4 aliphatic rings. The van der Waals surface area contributed by atoms with Crippen LogP contribution in [0.5, 0.6) is 23.0 Å². The maximum atomic E-state index is 14.8. The molecule has 0 bridgehead atoms. The molecule has 1 fully saturated rings. The third kappa shape index (κ3) is 9.44. The SMILES string of the molecule is C=CCO[C@@]12Oc3ccc(O)cc3[C@H]3[C@H](CCCCO)[C@@H](CCCCO)C=C(C(=NOCC)C[C@@H]1N(Cc1ccc4c(c1)OCO4)C(=O)OCCOCc1ccccc1)[C@H]32. The van der Waals surface area contributed by atoms with Gasteiger partial charge in [-0.25, -0.2) is 4.79 Å². The molecule has 2 heterocycles. The first kappa shape index (κ1) is 43.0. The molecule has 13 heteroatoms. The molecule has 0 spiro atoms. The van der Waals surface area contributed by atoms with E-state index in [1.807, 2.05) is 55.5 Å². The highest BCUT2D eigenvalue weighted by Gasteiger charge is 2.65. The van der Waals surface area contributed by atoms with E-state index in [0.717, 1.165) is 47.9 Å². The first-order chi connectivity index (χ1) is 29.4. The van der Waals surface area contributed by atoms with Crippen LogP contribution in [0.2, 0.25) is 0 Å². The molecule has 0 unspecified atom stereocenters. The number of unbranched alkanes of at least 4 members (excludes halogenated alkanes) is 2. The number of phenols is 1. The van der Waals surface area contributed by atoms with Gasteiger partial charge in [-0.15, -0.1) is 6.58 Å². The monoisotopic (exact) mass is 826 g/mol. The van der Waals surface area contributed by atoms with Gasteiger partial charge in [-0.05, 0) is 91.5 Å². The molecule has 322 valence electrons. The van der Waals surface area contributed by atoms with E-state index < -0.39 is 23.8 Å². The standard InChI is InChI=1S/C47H58N2O11/c1-3-22-58-47-43(49(29-33-16-18-41-42(25-33)57-31-56-41)46(53)55-24-23-54-30-32-12-6-5-7-13-32)28-39(48-59-4-2)37-26-34(14-8-10-20-50)36(15-9-11-21-51)44(45(37)47)38-27-35(52)17-19-40(38)60-47/h3,5-7,12-13,16-19,25-27,34,36,43-45,50-52H,1,4,8-11,14-15,20-24,28-31H2,2H3/t34-,36+,43-,44+,45+,47+/m0/s1. The number of nitrogens with zero attached hydrogens (tertiary/aromatic N) is 2. The fraction of sp³-hybridized carbons (Fsp3) is 0.489. The molecule has 1 saturated carbocycles. The molecular formula is C47H58N2O11. The van der Waals surface area contributed by atoms with Gasteiger partial charge in [0.25, 0.3) is 0 Å². The summed E-state index contributed by atoms with van der Waals surface area (Å²) < 4.78 is 37.6. The lowest BCUT2D eigenvalue weighted by molar-refractivity contribution is -0.256. The van der Waals surface area contributed by atoms with Crippen LogP contribution >= 0.6 is 0 Å². The summed E-state index contributed by atoms with van der Waals surface area (Å²) >= 11 is 0. The predicted molar refractivity (Wildman–Crippen MR) is 224 cm³/mol. The van der Waals surface area contributed by atoms with E-state index in [1.54, 1.807) is 29.2 Å². The molecule has 0 radical (unpaired) electrons. The summed E-state index contributed by atoms with van der Waals surface area (Å²) in [6.07, 6.45) is 8.03. The lowest BCUT2D eigenvalue weighted by Gasteiger charge is -2.59. The Bertz CT molecular complexity index is 1970. The van der Waals surface area contributed by atoms with Crippen LogP contribution in [0.15, 0.2) is 96.2 Å². The van der Waals surface area contributed by atoms with Crippen molar-refractivity contribution in [3.63, 3.8) is 0 Å². The lowest BCUT2D eigenvalue weighted by Crippen LogP contribution is -2.70. The average molecular weight is 827 g/mol. The van der Waals surface area contributed by atoms with Gasteiger partial charge in [0.15, 0.2) is 11.5 Å². The molecule has 60 heavy (non-hydrogen) atoms. The number of oxime groups is 1. The maximum absolute atomic E-state index is 14.8. The highest BCUT2D eigenvalue weighted by atomic mass is 16.7. The summed E-state index contributed by atoms with van der Waals surface area (Å²) in [4.78, 5) is 22.3. The number of hydrogen-bond donors (Lipinski definition) is 3. The zero-order chi connectivity index (χ0) is 41.9. The number of phenolic OH excluding ortho intramolecular Hbond substituents is 1. The number of allylic oxidation sites excluding steroid dienone is 1. The number of rotatable bonds is 21. The molecule has 3 aromatic rings. The van der Waals surface area contributed by atoms with E-state index >= 15 is 0 Å². The van der Waals surface area contributed by atoms with Gasteiger partial charge in [-0.3, -0.25) is 4.90 Å². The molecule has 0 saturated heterocycles. The molecule has 0 aromatic heterocycles. The number of benzene rings is 3. The number of carbonyl (C=O) groups is 1. The minimum Gasteiger partial charge on any atom is -0.508 e. The average Bonchev–Trinajstić information content (AvgIpc) is 3.74. The summed E-state index contributed by atoms with van der Waals surface area (Å²) in [5.41, 5.74) is 4.18. The first-order valence-electron chi connectivity index (χ1n) is 21.2. The predicted octanol–water partition coefficient (Wildman–Crippen LogP) is 7.63. The Hall–Kier alpha value is -5.08. The van der Waals surface area contributed by atoms with Crippen LogP contribution in [0.1, 0.15) is 74.5 Å². The van der Waals surface area contributed by atoms with Crippen LogP contribution in [-0.2, 0) is 32.2 Å². The van der Waals surface area contributed by atoms with E-state index in [4.69, 9.17) is 38.4 Å². The Morgan fingerprint density at radius 1 is 0.950 bits per heavy atom. The van der Waals surface area contributed by atoms with Gasteiger partial charge in [0.05, 0.1) is 31.5 Å². The second-order valence-electron chi connectivity index (χ2n) is 15.7. The fourth-order valence-corrected chi connectivity index (χ4v) is 9.37. The summed E-state index contributed by atoms with van der Waals surface area (Å²) in [6.45, 7) is 7.24. The second kappa shape index (κ2) is 20.5. The molecular weight excluding hydrogens is 769 g/mol. The van der Waals surface area contributed by atoms with Crippen molar-refractivity contribution in [2.45, 2.75) is 82.8 Å². The van der Waals surface area contributed by atoms with E-state index in [9.17, 15) is 20.1 Å². The number of aromatic hydroxyl groups is 1. The van der Waals surface area contributed by atoms with E-state index in [-0.39, 0.29) is 76.3 Å². The highest BCUT2D eigenvalue weighted by molar-refractivity contribution is 6.03. The maximum Gasteiger partial charge on any atom is 0.410 e. The van der Waals surface area contributed by atoms with Gasteiger partial charge in [0.2, 0.25) is 12.6 Å². The zero-order valence-electron chi connectivity index (χ0n) is 34.4. The van der Waals surface area contributed by atoms with E-state index in [0.29, 0.717) is 49.0 Å². The normalized spacial score (nSPS) is 24.1. The third-order valence-electron chi connectivity index (χ3n) is 11.9. The Kier molecular flexibility index (Phi) is 14.7. The summed E-state index contributed by atoms with van der Waals surface area (Å²) in [6, 6.07) is 19.7. The molecule has 2 aliphatic heterocycles. The van der Waals surface area contributed by atoms with Crippen LogP contribution in [0.25, 0.3) is 0 Å². The van der Waals surface area contributed by atoms with Gasteiger partial charge in [-0.2, -0.15) is 0 Å². The summed E-state index contributed by atoms with van der Waals surface area (Å²) in [7, 11) is 0.